The summed E-state index contributed by atoms with van der Waals surface area (Å²) in [7, 11) is 0. The first kappa shape index (κ1) is 11.3. The van der Waals surface area contributed by atoms with Gasteiger partial charge >= 0.3 is 0 Å². The highest BCUT2D eigenvalue weighted by molar-refractivity contribution is 9.10. The van der Waals surface area contributed by atoms with Crippen LogP contribution < -0.4 is 0 Å². The van der Waals surface area contributed by atoms with Crippen LogP contribution in [0.1, 0.15) is 16.8 Å². The number of aliphatic hydroxyl groups excluding tert-OH is 1. The maximum Gasteiger partial charge on any atom is 0.109 e. The lowest BCUT2D eigenvalue weighted by Crippen LogP contribution is -2.00. The van der Waals surface area contributed by atoms with Gasteiger partial charge in [0.05, 0.1) is 18.5 Å². The Kier molecular flexibility index (Phi) is 3.07. The first-order valence-corrected chi connectivity index (χ1v) is 5.70. The lowest BCUT2D eigenvalue weighted by molar-refractivity contribution is 0.276. The van der Waals surface area contributed by atoms with Crippen molar-refractivity contribution in [1.29, 1.82) is 0 Å². The summed E-state index contributed by atoms with van der Waals surface area (Å²) in [5, 5.41) is 16.8. The van der Waals surface area contributed by atoms with Crippen LogP contribution in [0, 0.1) is 13.8 Å². The molecule has 0 radical (unpaired) electrons. The van der Waals surface area contributed by atoms with Crippen LogP contribution in [0.5, 0.6) is 0 Å². The fraction of sp³-hybridized carbons (Fsp3) is 0.273. The van der Waals surface area contributed by atoms with E-state index >= 15 is 0 Å². The van der Waals surface area contributed by atoms with Crippen LogP contribution in [0.2, 0.25) is 0 Å². The number of aliphatic hydroxyl groups is 1. The van der Waals surface area contributed by atoms with Crippen molar-refractivity contribution < 1.29 is 5.11 Å². The van der Waals surface area contributed by atoms with Gasteiger partial charge in [-0.2, -0.15) is 0 Å². The highest BCUT2D eigenvalue weighted by atomic mass is 79.9. The summed E-state index contributed by atoms with van der Waals surface area (Å²) in [6.45, 7) is 3.97. The second kappa shape index (κ2) is 4.35. The summed E-state index contributed by atoms with van der Waals surface area (Å²) in [6.07, 6.45) is 1.72. The van der Waals surface area contributed by atoms with E-state index < -0.39 is 0 Å². The molecule has 0 saturated carbocycles. The van der Waals surface area contributed by atoms with Gasteiger partial charge in [0.15, 0.2) is 0 Å². The predicted octanol–water partition coefficient (Wildman–Crippen LogP) is 2.14. The van der Waals surface area contributed by atoms with Crippen LogP contribution in [0.25, 0.3) is 5.69 Å². The van der Waals surface area contributed by atoms with Gasteiger partial charge in [0, 0.05) is 4.47 Å². The summed E-state index contributed by atoms with van der Waals surface area (Å²) >= 11 is 3.51. The Hall–Kier alpha value is -1.20. The quantitative estimate of drug-likeness (QED) is 0.918. The van der Waals surface area contributed by atoms with Crippen LogP contribution in [0.4, 0.5) is 0 Å². The molecule has 0 aliphatic rings. The molecule has 4 nitrogen and oxygen atoms in total. The van der Waals surface area contributed by atoms with E-state index in [1.807, 2.05) is 19.9 Å². The van der Waals surface area contributed by atoms with Crippen molar-refractivity contribution in [2.24, 2.45) is 0 Å². The summed E-state index contributed by atoms with van der Waals surface area (Å²) in [4.78, 5) is 0. The molecule has 0 aliphatic heterocycles. The minimum atomic E-state index is -0.0947. The van der Waals surface area contributed by atoms with Gasteiger partial charge in [-0.05, 0) is 47.0 Å². The zero-order chi connectivity index (χ0) is 11.7. The van der Waals surface area contributed by atoms with Gasteiger partial charge in [0.25, 0.3) is 0 Å². The number of benzene rings is 1. The van der Waals surface area contributed by atoms with Crippen molar-refractivity contribution in [3.63, 3.8) is 0 Å². The monoisotopic (exact) mass is 281 g/mol. The maximum atomic E-state index is 8.95. The average molecular weight is 282 g/mol. The van der Waals surface area contributed by atoms with Gasteiger partial charge in [0.1, 0.15) is 5.69 Å². The molecule has 1 aromatic heterocycles. The van der Waals surface area contributed by atoms with Gasteiger partial charge in [-0.15, -0.1) is 5.10 Å². The Morgan fingerprint density at radius 2 is 2.12 bits per heavy atom. The molecule has 84 valence electrons. The summed E-state index contributed by atoms with van der Waals surface area (Å²) in [6, 6.07) is 4.11. The van der Waals surface area contributed by atoms with Crippen LogP contribution >= 0.6 is 15.9 Å². The third-order valence-electron chi connectivity index (χ3n) is 2.33. The van der Waals surface area contributed by atoms with Crippen molar-refractivity contribution in [2.45, 2.75) is 20.5 Å². The average Bonchev–Trinajstić information content (AvgIpc) is 2.64. The molecule has 1 N–H and O–H groups in total. The Labute approximate surface area is 102 Å². The molecule has 1 heterocycles. The van der Waals surface area contributed by atoms with Gasteiger partial charge in [-0.3, -0.25) is 0 Å². The van der Waals surface area contributed by atoms with Crippen LogP contribution in [0.3, 0.4) is 0 Å². The molecule has 0 amide bonds. The second-order valence-corrected chi connectivity index (χ2v) is 4.58. The fourth-order valence-corrected chi connectivity index (χ4v) is 2.53. The molecule has 0 saturated heterocycles. The number of rotatable bonds is 2. The predicted molar refractivity (Wildman–Crippen MR) is 64.5 cm³/mol. The van der Waals surface area contributed by atoms with Crippen LogP contribution in [0.15, 0.2) is 22.8 Å². The molecule has 0 fully saturated rings. The number of hydrogen-bond acceptors (Lipinski definition) is 3. The molecule has 2 rings (SSSR count). The molecule has 0 atom stereocenters. The zero-order valence-corrected chi connectivity index (χ0v) is 10.7. The lowest BCUT2D eigenvalue weighted by atomic mass is 10.1. The Morgan fingerprint density at radius 3 is 2.69 bits per heavy atom. The van der Waals surface area contributed by atoms with Crippen molar-refractivity contribution in [1.82, 2.24) is 15.0 Å². The standard InChI is InChI=1S/C11H12BrN3O/c1-7-3-8(2)11(10(12)4-7)15-5-9(6-16)13-14-15/h3-5,16H,6H2,1-2H3. The molecule has 2 aromatic rings. The molecule has 0 bridgehead atoms. The third kappa shape index (κ3) is 2.01. The van der Waals surface area contributed by atoms with E-state index in [4.69, 9.17) is 5.11 Å². The molecular formula is C11H12BrN3O. The first-order valence-electron chi connectivity index (χ1n) is 4.91. The van der Waals surface area contributed by atoms with E-state index in [2.05, 4.69) is 32.3 Å². The number of aryl methyl sites for hydroxylation is 2. The topological polar surface area (TPSA) is 50.9 Å². The van der Waals surface area contributed by atoms with Crippen LogP contribution in [-0.4, -0.2) is 20.1 Å². The molecule has 5 heteroatoms. The fourth-order valence-electron chi connectivity index (χ4n) is 1.68. The highest BCUT2D eigenvalue weighted by Crippen LogP contribution is 2.25. The van der Waals surface area contributed by atoms with Gasteiger partial charge < -0.3 is 5.11 Å². The number of halogens is 1. The highest BCUT2D eigenvalue weighted by Gasteiger charge is 2.09. The minimum absolute atomic E-state index is 0.0947. The summed E-state index contributed by atoms with van der Waals surface area (Å²) < 4.78 is 2.64. The van der Waals surface area contributed by atoms with E-state index in [0.29, 0.717) is 5.69 Å². The largest absolute Gasteiger partial charge is 0.390 e. The van der Waals surface area contributed by atoms with E-state index in [9.17, 15) is 0 Å². The minimum Gasteiger partial charge on any atom is -0.390 e. The van der Waals surface area contributed by atoms with Crippen molar-refractivity contribution in [3.8, 4) is 5.69 Å². The SMILES string of the molecule is Cc1cc(C)c(-n2cc(CO)nn2)c(Br)c1. The first-order chi connectivity index (χ1) is 7.61. The van der Waals surface area contributed by atoms with E-state index in [0.717, 1.165) is 15.7 Å². The molecule has 0 unspecified atom stereocenters. The molecular weight excluding hydrogens is 270 g/mol. The Bertz CT molecular complexity index is 499. The van der Waals surface area contributed by atoms with Crippen molar-refractivity contribution >= 4 is 15.9 Å². The van der Waals surface area contributed by atoms with Crippen molar-refractivity contribution in [3.05, 3.63) is 39.6 Å². The van der Waals surface area contributed by atoms with E-state index in [1.54, 1.807) is 10.9 Å². The third-order valence-corrected chi connectivity index (χ3v) is 2.93. The molecule has 16 heavy (non-hydrogen) atoms. The smallest absolute Gasteiger partial charge is 0.109 e. The maximum absolute atomic E-state index is 8.95. The number of hydrogen-bond donors (Lipinski definition) is 1. The number of aromatic nitrogens is 3. The van der Waals surface area contributed by atoms with Crippen molar-refractivity contribution in [2.75, 3.05) is 0 Å². The number of nitrogens with zero attached hydrogens (tertiary/aromatic N) is 3. The Balaban J connectivity index is 2.55. The molecule has 0 spiro atoms. The normalized spacial score (nSPS) is 10.8. The zero-order valence-electron chi connectivity index (χ0n) is 9.11. The van der Waals surface area contributed by atoms with Crippen LogP contribution in [-0.2, 0) is 6.61 Å². The van der Waals surface area contributed by atoms with Gasteiger partial charge in [-0.25, -0.2) is 4.68 Å². The van der Waals surface area contributed by atoms with Gasteiger partial charge in [-0.1, -0.05) is 11.3 Å². The van der Waals surface area contributed by atoms with E-state index in [-0.39, 0.29) is 6.61 Å². The summed E-state index contributed by atoms with van der Waals surface area (Å²) in [5.41, 5.74) is 3.82. The summed E-state index contributed by atoms with van der Waals surface area (Å²) in [5.74, 6) is 0. The van der Waals surface area contributed by atoms with Gasteiger partial charge in [0.2, 0.25) is 0 Å². The second-order valence-electron chi connectivity index (χ2n) is 3.72. The molecule has 0 aliphatic carbocycles. The van der Waals surface area contributed by atoms with E-state index in [1.165, 1.54) is 5.56 Å². The molecule has 1 aromatic carbocycles. The lowest BCUT2D eigenvalue weighted by Gasteiger charge is -2.08. The Morgan fingerprint density at radius 1 is 1.38 bits per heavy atom.